The van der Waals surface area contributed by atoms with Crippen LogP contribution in [0.4, 0.5) is 0 Å². The summed E-state index contributed by atoms with van der Waals surface area (Å²) in [6, 6.07) is 18.9. The van der Waals surface area contributed by atoms with Gasteiger partial charge in [0.25, 0.3) is 5.56 Å². The largest absolute Gasteiger partial charge is 0.329 e. The number of para-hydroxylation sites is 2. The molecule has 0 aliphatic rings. The number of H-pyrrole nitrogens is 2. The summed E-state index contributed by atoms with van der Waals surface area (Å²) in [5, 5.41) is 0. The van der Waals surface area contributed by atoms with E-state index in [0.717, 1.165) is 5.56 Å². The molecule has 0 bridgehead atoms. The van der Waals surface area contributed by atoms with Crippen molar-refractivity contribution in [2.75, 3.05) is 0 Å². The zero-order valence-corrected chi connectivity index (χ0v) is 13.3. The fraction of sp³-hybridized carbons (Fsp3) is 0. The maximum absolute atomic E-state index is 12.4. The zero-order chi connectivity index (χ0) is 16.5. The van der Waals surface area contributed by atoms with Crippen molar-refractivity contribution < 1.29 is 0 Å². The fourth-order valence-electron chi connectivity index (χ4n) is 2.55. The highest BCUT2D eigenvalue weighted by atomic mass is 32.1. The van der Waals surface area contributed by atoms with Gasteiger partial charge in [0, 0.05) is 5.56 Å². The average molecular weight is 332 g/mol. The number of benzene rings is 2. The number of fused-ring (bicyclic) bond motifs is 1. The van der Waals surface area contributed by atoms with Crippen LogP contribution in [0.1, 0.15) is 0 Å². The number of hydrogen-bond donors (Lipinski definition) is 2. The van der Waals surface area contributed by atoms with E-state index in [9.17, 15) is 4.79 Å². The summed E-state index contributed by atoms with van der Waals surface area (Å²) >= 11 is 5.22. The predicted molar refractivity (Wildman–Crippen MR) is 96.2 cm³/mol. The second-order valence-electron chi connectivity index (χ2n) is 5.28. The molecule has 24 heavy (non-hydrogen) atoms. The molecule has 0 aliphatic heterocycles. The molecule has 0 fully saturated rings. The maximum Gasteiger partial charge on any atom is 0.276 e. The van der Waals surface area contributed by atoms with E-state index in [1.165, 1.54) is 0 Å². The molecule has 0 unspecified atom stereocenters. The van der Waals surface area contributed by atoms with Crippen LogP contribution in [0, 0.1) is 4.77 Å². The first-order valence-electron chi connectivity index (χ1n) is 7.37. The molecule has 116 valence electrons. The summed E-state index contributed by atoms with van der Waals surface area (Å²) < 4.78 is 0.306. The van der Waals surface area contributed by atoms with Gasteiger partial charge in [-0.2, -0.15) is 0 Å². The van der Waals surface area contributed by atoms with Crippen LogP contribution in [0.2, 0.25) is 0 Å². The van der Waals surface area contributed by atoms with Crippen molar-refractivity contribution >= 4 is 23.3 Å². The topological polar surface area (TPSA) is 74.4 Å². The molecule has 2 heterocycles. The summed E-state index contributed by atoms with van der Waals surface area (Å²) in [4.78, 5) is 27.0. The Labute approximate surface area is 142 Å². The van der Waals surface area contributed by atoms with Gasteiger partial charge in [-0.1, -0.05) is 42.5 Å². The van der Waals surface area contributed by atoms with Gasteiger partial charge >= 0.3 is 0 Å². The molecule has 0 saturated heterocycles. The predicted octanol–water partition coefficient (Wildman–Crippen LogP) is 3.71. The first kappa shape index (κ1) is 14.5. The highest BCUT2D eigenvalue weighted by molar-refractivity contribution is 7.71. The highest BCUT2D eigenvalue weighted by Gasteiger charge is 2.10. The zero-order valence-electron chi connectivity index (χ0n) is 12.5. The second-order valence-corrected chi connectivity index (χ2v) is 5.67. The third-order valence-electron chi connectivity index (χ3n) is 3.67. The summed E-state index contributed by atoms with van der Waals surface area (Å²) in [6.45, 7) is 0. The number of aromatic amines is 2. The average Bonchev–Trinajstić information content (AvgIpc) is 2.61. The molecule has 0 radical (unpaired) electrons. The molecule has 0 spiro atoms. The molecule has 4 rings (SSSR count). The lowest BCUT2D eigenvalue weighted by atomic mass is 10.1. The molecule has 6 heteroatoms. The van der Waals surface area contributed by atoms with Gasteiger partial charge in [0.2, 0.25) is 0 Å². The molecular formula is C18H12N4OS. The number of nitrogens with one attached hydrogen (secondary N) is 2. The van der Waals surface area contributed by atoms with Crippen molar-refractivity contribution in [1.29, 1.82) is 0 Å². The van der Waals surface area contributed by atoms with Gasteiger partial charge in [0.15, 0.2) is 10.5 Å². The van der Waals surface area contributed by atoms with Crippen LogP contribution in [0.3, 0.4) is 0 Å². The molecule has 0 amide bonds. The monoisotopic (exact) mass is 332 g/mol. The van der Waals surface area contributed by atoms with Crippen LogP contribution >= 0.6 is 12.2 Å². The normalized spacial score (nSPS) is 10.8. The first-order chi connectivity index (χ1) is 11.7. The minimum Gasteiger partial charge on any atom is -0.329 e. The van der Waals surface area contributed by atoms with Gasteiger partial charge in [-0.25, -0.2) is 9.97 Å². The van der Waals surface area contributed by atoms with E-state index >= 15 is 0 Å². The van der Waals surface area contributed by atoms with Crippen molar-refractivity contribution in [2.45, 2.75) is 0 Å². The van der Waals surface area contributed by atoms with E-state index < -0.39 is 0 Å². The standard InChI is InChI=1S/C18H12N4OS/c23-17-16(19-12-8-4-5-9-13(12)20-17)15-10-14(21-18(24)22-15)11-6-2-1-3-7-11/h1-10H,(H,20,23)(H,21,22,24). The number of aromatic nitrogens is 4. The molecule has 2 aromatic carbocycles. The lowest BCUT2D eigenvalue weighted by Gasteiger charge is -2.06. The Kier molecular flexibility index (Phi) is 3.51. The van der Waals surface area contributed by atoms with Crippen LogP contribution in [-0.4, -0.2) is 19.9 Å². The third kappa shape index (κ3) is 2.63. The smallest absolute Gasteiger partial charge is 0.276 e. The van der Waals surface area contributed by atoms with E-state index in [2.05, 4.69) is 19.9 Å². The number of nitrogens with zero attached hydrogens (tertiary/aromatic N) is 2. The van der Waals surface area contributed by atoms with Crippen molar-refractivity contribution in [3.8, 4) is 22.6 Å². The van der Waals surface area contributed by atoms with Crippen LogP contribution in [0.5, 0.6) is 0 Å². The van der Waals surface area contributed by atoms with Crippen molar-refractivity contribution in [3.05, 3.63) is 75.8 Å². The van der Waals surface area contributed by atoms with Crippen LogP contribution in [0.25, 0.3) is 33.7 Å². The van der Waals surface area contributed by atoms with E-state index in [-0.39, 0.29) is 5.56 Å². The Bertz CT molecular complexity index is 1150. The molecular weight excluding hydrogens is 320 g/mol. The molecule has 2 aromatic heterocycles. The first-order valence-corrected chi connectivity index (χ1v) is 7.78. The lowest BCUT2D eigenvalue weighted by molar-refractivity contribution is 1.11. The third-order valence-corrected chi connectivity index (χ3v) is 3.86. The van der Waals surface area contributed by atoms with E-state index in [0.29, 0.717) is 32.9 Å². The lowest BCUT2D eigenvalue weighted by Crippen LogP contribution is -2.12. The fourth-order valence-corrected chi connectivity index (χ4v) is 2.76. The SMILES string of the molecule is O=c1[nH]c2ccccc2nc1-c1cc(-c2ccccc2)nc(=S)[nH]1. The quantitative estimate of drug-likeness (QED) is 0.549. The summed E-state index contributed by atoms with van der Waals surface area (Å²) in [7, 11) is 0. The van der Waals surface area contributed by atoms with Crippen LogP contribution in [-0.2, 0) is 0 Å². The van der Waals surface area contributed by atoms with Crippen molar-refractivity contribution in [3.63, 3.8) is 0 Å². The van der Waals surface area contributed by atoms with E-state index in [4.69, 9.17) is 12.2 Å². The van der Waals surface area contributed by atoms with Gasteiger partial charge < -0.3 is 9.97 Å². The Hall–Kier alpha value is -3.12. The second kappa shape index (κ2) is 5.82. The van der Waals surface area contributed by atoms with E-state index in [1.807, 2.05) is 54.6 Å². The molecule has 4 aromatic rings. The molecule has 0 aliphatic carbocycles. The Morgan fingerprint density at radius 2 is 1.62 bits per heavy atom. The maximum atomic E-state index is 12.4. The minimum atomic E-state index is -0.274. The Balaban J connectivity index is 1.94. The Morgan fingerprint density at radius 1 is 0.875 bits per heavy atom. The summed E-state index contributed by atoms with van der Waals surface area (Å²) in [6.07, 6.45) is 0. The van der Waals surface area contributed by atoms with Gasteiger partial charge in [0.1, 0.15) is 0 Å². The van der Waals surface area contributed by atoms with Gasteiger partial charge in [-0.15, -0.1) is 0 Å². The van der Waals surface area contributed by atoms with Crippen LogP contribution in [0.15, 0.2) is 65.5 Å². The molecule has 0 atom stereocenters. The summed E-state index contributed by atoms with van der Waals surface area (Å²) in [5.41, 5.74) is 3.59. The van der Waals surface area contributed by atoms with Gasteiger partial charge in [-0.3, -0.25) is 4.79 Å². The summed E-state index contributed by atoms with van der Waals surface area (Å²) in [5.74, 6) is 0. The van der Waals surface area contributed by atoms with Crippen molar-refractivity contribution in [2.24, 2.45) is 0 Å². The number of rotatable bonds is 2. The molecule has 0 saturated carbocycles. The highest BCUT2D eigenvalue weighted by Crippen LogP contribution is 2.21. The Morgan fingerprint density at radius 3 is 2.46 bits per heavy atom. The van der Waals surface area contributed by atoms with Crippen LogP contribution < -0.4 is 5.56 Å². The van der Waals surface area contributed by atoms with E-state index in [1.54, 1.807) is 6.07 Å². The van der Waals surface area contributed by atoms with Gasteiger partial charge in [0.05, 0.1) is 22.4 Å². The number of hydrogen-bond acceptors (Lipinski definition) is 4. The van der Waals surface area contributed by atoms with Crippen molar-refractivity contribution in [1.82, 2.24) is 19.9 Å². The van der Waals surface area contributed by atoms with Gasteiger partial charge in [-0.05, 0) is 30.4 Å². The minimum absolute atomic E-state index is 0.274. The molecule has 2 N–H and O–H groups in total. The molecule has 5 nitrogen and oxygen atoms in total.